The minimum atomic E-state index is 0.129. The molecule has 2 aromatic rings. The van der Waals surface area contributed by atoms with Crippen LogP contribution in [0.1, 0.15) is 27.7 Å². The SMILES string of the molecule is CC(C)Nc1cccc2c(OC(C)C)nccc12. The van der Waals surface area contributed by atoms with Crippen LogP contribution in [0, 0.1) is 0 Å². The van der Waals surface area contributed by atoms with Gasteiger partial charge in [0.25, 0.3) is 0 Å². The Labute approximate surface area is 108 Å². The Morgan fingerprint density at radius 1 is 1.06 bits per heavy atom. The highest BCUT2D eigenvalue weighted by molar-refractivity contribution is 5.96. The van der Waals surface area contributed by atoms with E-state index in [0.717, 1.165) is 16.5 Å². The van der Waals surface area contributed by atoms with Gasteiger partial charge in [0, 0.05) is 28.7 Å². The lowest BCUT2D eigenvalue weighted by Crippen LogP contribution is -2.10. The van der Waals surface area contributed by atoms with E-state index in [1.54, 1.807) is 6.20 Å². The molecule has 96 valence electrons. The Morgan fingerprint density at radius 2 is 1.83 bits per heavy atom. The summed E-state index contributed by atoms with van der Waals surface area (Å²) in [5.41, 5.74) is 1.12. The molecule has 2 rings (SSSR count). The van der Waals surface area contributed by atoms with Crippen molar-refractivity contribution in [2.45, 2.75) is 39.8 Å². The Kier molecular flexibility index (Phi) is 3.70. The number of fused-ring (bicyclic) bond motifs is 1. The molecule has 1 aromatic heterocycles. The number of nitrogens with one attached hydrogen (secondary N) is 1. The molecule has 1 N–H and O–H groups in total. The highest BCUT2D eigenvalue weighted by Crippen LogP contribution is 2.29. The maximum Gasteiger partial charge on any atom is 0.221 e. The minimum absolute atomic E-state index is 0.129. The second-order valence-electron chi connectivity index (χ2n) is 4.98. The molecule has 1 heterocycles. The normalized spacial score (nSPS) is 11.2. The third-order valence-electron chi connectivity index (χ3n) is 2.56. The quantitative estimate of drug-likeness (QED) is 0.887. The molecule has 18 heavy (non-hydrogen) atoms. The van der Waals surface area contributed by atoms with Crippen LogP contribution in [0.2, 0.25) is 0 Å². The number of pyridine rings is 1. The van der Waals surface area contributed by atoms with Crippen molar-refractivity contribution >= 4 is 16.5 Å². The van der Waals surface area contributed by atoms with Crippen LogP contribution in [0.3, 0.4) is 0 Å². The molecule has 0 aliphatic carbocycles. The van der Waals surface area contributed by atoms with E-state index >= 15 is 0 Å². The summed E-state index contributed by atoms with van der Waals surface area (Å²) in [5.74, 6) is 0.704. The molecule has 0 spiro atoms. The van der Waals surface area contributed by atoms with Crippen LogP contribution in [0.4, 0.5) is 5.69 Å². The Hall–Kier alpha value is -1.77. The largest absolute Gasteiger partial charge is 0.475 e. The van der Waals surface area contributed by atoms with Crippen molar-refractivity contribution in [2.75, 3.05) is 5.32 Å². The molecule has 0 aliphatic heterocycles. The van der Waals surface area contributed by atoms with Gasteiger partial charge in [-0.15, -0.1) is 0 Å². The van der Waals surface area contributed by atoms with Gasteiger partial charge in [-0.1, -0.05) is 6.07 Å². The monoisotopic (exact) mass is 244 g/mol. The lowest BCUT2D eigenvalue weighted by atomic mass is 10.1. The van der Waals surface area contributed by atoms with Gasteiger partial charge in [-0.2, -0.15) is 0 Å². The molecule has 0 saturated carbocycles. The summed E-state index contributed by atoms with van der Waals surface area (Å²) in [6, 6.07) is 8.58. The molecule has 0 aliphatic rings. The van der Waals surface area contributed by atoms with Crippen molar-refractivity contribution in [1.82, 2.24) is 4.98 Å². The summed E-state index contributed by atoms with van der Waals surface area (Å²) < 4.78 is 5.75. The van der Waals surface area contributed by atoms with Gasteiger partial charge in [-0.3, -0.25) is 0 Å². The predicted molar refractivity (Wildman–Crippen MR) is 76.3 cm³/mol. The van der Waals surface area contributed by atoms with Crippen molar-refractivity contribution in [3.05, 3.63) is 30.5 Å². The Morgan fingerprint density at radius 3 is 2.50 bits per heavy atom. The summed E-state index contributed by atoms with van der Waals surface area (Å²) in [4.78, 5) is 4.32. The first-order chi connectivity index (χ1) is 8.58. The first kappa shape index (κ1) is 12.7. The third-order valence-corrected chi connectivity index (χ3v) is 2.56. The summed E-state index contributed by atoms with van der Waals surface area (Å²) in [6.07, 6.45) is 1.93. The molecule has 0 saturated heterocycles. The maximum atomic E-state index is 5.75. The molecule has 3 heteroatoms. The fourth-order valence-corrected chi connectivity index (χ4v) is 1.93. The van der Waals surface area contributed by atoms with E-state index in [4.69, 9.17) is 4.74 Å². The van der Waals surface area contributed by atoms with Crippen LogP contribution in [0.5, 0.6) is 5.88 Å². The highest BCUT2D eigenvalue weighted by atomic mass is 16.5. The number of rotatable bonds is 4. The summed E-state index contributed by atoms with van der Waals surface area (Å²) >= 11 is 0. The molecule has 0 fully saturated rings. The smallest absolute Gasteiger partial charge is 0.221 e. The lowest BCUT2D eigenvalue weighted by Gasteiger charge is -2.15. The first-order valence-electron chi connectivity index (χ1n) is 6.39. The zero-order chi connectivity index (χ0) is 13.1. The average molecular weight is 244 g/mol. The zero-order valence-corrected chi connectivity index (χ0v) is 11.4. The van der Waals surface area contributed by atoms with Crippen LogP contribution in [-0.4, -0.2) is 17.1 Å². The van der Waals surface area contributed by atoms with E-state index in [1.165, 1.54) is 0 Å². The second kappa shape index (κ2) is 5.25. The van der Waals surface area contributed by atoms with Crippen molar-refractivity contribution in [1.29, 1.82) is 0 Å². The standard InChI is InChI=1S/C15H20N2O/c1-10(2)17-14-7-5-6-13-12(14)8-9-16-15(13)18-11(3)4/h5-11,17H,1-4H3. The number of ether oxygens (including phenoxy) is 1. The van der Waals surface area contributed by atoms with Crippen LogP contribution < -0.4 is 10.1 Å². The predicted octanol–water partition coefficient (Wildman–Crippen LogP) is 3.84. The fraction of sp³-hybridized carbons (Fsp3) is 0.400. The van der Waals surface area contributed by atoms with Crippen LogP contribution in [0.25, 0.3) is 10.8 Å². The van der Waals surface area contributed by atoms with Gasteiger partial charge in [0.1, 0.15) is 0 Å². The van der Waals surface area contributed by atoms with E-state index in [9.17, 15) is 0 Å². The van der Waals surface area contributed by atoms with Gasteiger partial charge >= 0.3 is 0 Å². The average Bonchev–Trinajstić information content (AvgIpc) is 2.29. The molecular weight excluding hydrogens is 224 g/mol. The lowest BCUT2D eigenvalue weighted by molar-refractivity contribution is 0.236. The van der Waals surface area contributed by atoms with Crippen LogP contribution in [0.15, 0.2) is 30.5 Å². The summed E-state index contributed by atoms with van der Waals surface area (Å²) in [6.45, 7) is 8.28. The van der Waals surface area contributed by atoms with Gasteiger partial charge in [0.2, 0.25) is 5.88 Å². The van der Waals surface area contributed by atoms with Crippen LogP contribution in [-0.2, 0) is 0 Å². The molecule has 3 nitrogen and oxygen atoms in total. The maximum absolute atomic E-state index is 5.75. The number of benzene rings is 1. The third kappa shape index (κ3) is 2.73. The summed E-state index contributed by atoms with van der Waals surface area (Å²) in [7, 11) is 0. The Balaban J connectivity index is 2.50. The van der Waals surface area contributed by atoms with E-state index < -0.39 is 0 Å². The molecule has 0 unspecified atom stereocenters. The number of anilines is 1. The van der Waals surface area contributed by atoms with Gasteiger partial charge in [-0.25, -0.2) is 4.98 Å². The van der Waals surface area contributed by atoms with E-state index in [0.29, 0.717) is 11.9 Å². The van der Waals surface area contributed by atoms with Gasteiger partial charge in [-0.05, 0) is 45.9 Å². The van der Waals surface area contributed by atoms with Crippen molar-refractivity contribution in [2.24, 2.45) is 0 Å². The molecule has 0 atom stereocenters. The van der Waals surface area contributed by atoms with Crippen LogP contribution >= 0.6 is 0 Å². The van der Waals surface area contributed by atoms with Gasteiger partial charge < -0.3 is 10.1 Å². The van der Waals surface area contributed by atoms with E-state index in [2.05, 4.69) is 30.2 Å². The van der Waals surface area contributed by atoms with Crippen molar-refractivity contribution in [3.8, 4) is 5.88 Å². The first-order valence-corrected chi connectivity index (χ1v) is 6.39. The van der Waals surface area contributed by atoms with Gasteiger partial charge in [0.05, 0.1) is 6.10 Å². The van der Waals surface area contributed by atoms with Gasteiger partial charge in [0.15, 0.2) is 0 Å². The summed E-state index contributed by atoms with van der Waals surface area (Å²) in [5, 5.41) is 5.65. The van der Waals surface area contributed by atoms with E-state index in [-0.39, 0.29) is 6.10 Å². The molecule has 0 amide bonds. The minimum Gasteiger partial charge on any atom is -0.475 e. The Bertz CT molecular complexity index is 486. The number of hydrogen-bond acceptors (Lipinski definition) is 3. The topological polar surface area (TPSA) is 34.1 Å². The van der Waals surface area contributed by atoms with Crippen molar-refractivity contribution in [3.63, 3.8) is 0 Å². The van der Waals surface area contributed by atoms with E-state index in [1.807, 2.05) is 32.0 Å². The number of hydrogen-bond donors (Lipinski definition) is 1. The second-order valence-corrected chi connectivity index (χ2v) is 4.98. The molecule has 0 bridgehead atoms. The molecule has 1 aromatic carbocycles. The molecule has 0 radical (unpaired) electrons. The number of nitrogens with zero attached hydrogens (tertiary/aromatic N) is 1. The zero-order valence-electron chi connectivity index (χ0n) is 11.4. The van der Waals surface area contributed by atoms with Crippen molar-refractivity contribution < 1.29 is 4.74 Å². The number of aromatic nitrogens is 1. The highest BCUT2D eigenvalue weighted by Gasteiger charge is 2.08. The molecular formula is C15H20N2O. The fourth-order valence-electron chi connectivity index (χ4n) is 1.93.